The molecule has 0 saturated carbocycles. The molecular formula is C58H83NO18. The van der Waals surface area contributed by atoms with E-state index in [2.05, 4.69) is 5.32 Å². The molecule has 4 aliphatic rings. The number of carboxylic acids is 1. The molecule has 19 nitrogen and oxygen atoms in total. The van der Waals surface area contributed by atoms with Gasteiger partial charge in [-0.15, -0.1) is 0 Å². The molecule has 1 aromatic carbocycles. The van der Waals surface area contributed by atoms with Crippen LogP contribution in [-0.2, 0) is 68.2 Å². The Labute approximate surface area is 453 Å². The summed E-state index contributed by atoms with van der Waals surface area (Å²) in [4.78, 5) is 39.0. The second kappa shape index (κ2) is 30.0. The van der Waals surface area contributed by atoms with Gasteiger partial charge in [-0.05, 0) is 38.8 Å². The van der Waals surface area contributed by atoms with Crippen molar-refractivity contribution in [2.24, 2.45) is 17.3 Å². The number of nitrogens with one attached hydrogen (secondary N) is 1. The molecule has 4 saturated heterocycles. The molecule has 5 rings (SSSR count). The number of hydrogen-bond donors (Lipinski definition) is 6. The van der Waals surface area contributed by atoms with Crippen molar-refractivity contribution in [2.75, 3.05) is 34.5 Å². The fourth-order valence-corrected chi connectivity index (χ4v) is 10.2. The number of benzene rings is 1. The second-order valence-corrected chi connectivity index (χ2v) is 20.6. The third kappa shape index (κ3) is 17.1. The monoisotopic (exact) mass is 1080 g/mol. The predicted molar refractivity (Wildman–Crippen MR) is 284 cm³/mol. The Bertz CT molecular complexity index is 2240. The minimum Gasteiger partial charge on any atom is -0.478 e. The molecule has 1 amide bonds. The van der Waals surface area contributed by atoms with Crippen LogP contribution in [0.2, 0.25) is 0 Å². The number of aliphatic carboxylic acids is 1. The van der Waals surface area contributed by atoms with Gasteiger partial charge in [-0.2, -0.15) is 0 Å². The fourth-order valence-electron chi connectivity index (χ4n) is 10.2. The molecule has 428 valence electrons. The maximum absolute atomic E-state index is 14.7. The number of methoxy groups -OCH3 is 3. The van der Waals surface area contributed by atoms with Crippen molar-refractivity contribution in [3.05, 3.63) is 120 Å². The van der Waals surface area contributed by atoms with Crippen LogP contribution in [-0.4, -0.2) is 176 Å². The van der Waals surface area contributed by atoms with Crippen molar-refractivity contribution < 1.29 is 87.3 Å². The van der Waals surface area contributed by atoms with E-state index in [9.17, 15) is 34.8 Å². The molecule has 0 spiro atoms. The van der Waals surface area contributed by atoms with Gasteiger partial charge in [0.25, 0.3) is 0 Å². The van der Waals surface area contributed by atoms with Crippen LogP contribution in [0.4, 0.5) is 0 Å². The van der Waals surface area contributed by atoms with E-state index in [4.69, 9.17) is 52.5 Å². The first-order valence-electron chi connectivity index (χ1n) is 26.3. The summed E-state index contributed by atoms with van der Waals surface area (Å²) in [6, 6.07) is 8.96. The van der Waals surface area contributed by atoms with Gasteiger partial charge >= 0.3 is 11.9 Å². The largest absolute Gasteiger partial charge is 0.478 e. The van der Waals surface area contributed by atoms with E-state index in [1.54, 1.807) is 120 Å². The molecule has 0 aromatic heterocycles. The smallest absolute Gasteiger partial charge is 0.328 e. The molecule has 4 heterocycles. The van der Waals surface area contributed by atoms with Crippen molar-refractivity contribution in [1.82, 2.24) is 5.32 Å². The lowest BCUT2D eigenvalue weighted by molar-refractivity contribution is -0.367. The third-order valence-corrected chi connectivity index (χ3v) is 14.7. The number of aliphatic hydroxyl groups excluding tert-OH is 3. The van der Waals surface area contributed by atoms with Gasteiger partial charge in [0.15, 0.2) is 12.6 Å². The van der Waals surface area contributed by atoms with E-state index in [-0.39, 0.29) is 37.8 Å². The lowest BCUT2D eigenvalue weighted by Crippen LogP contribution is -2.70. The summed E-state index contributed by atoms with van der Waals surface area (Å²) < 4.78 is 61.0. The molecule has 19 heteroatoms. The molecule has 0 radical (unpaired) electrons. The number of rotatable bonds is 25. The third-order valence-electron chi connectivity index (χ3n) is 14.7. The molecule has 6 N–H and O–H groups in total. The maximum atomic E-state index is 14.7. The van der Waals surface area contributed by atoms with Crippen molar-refractivity contribution in [3.63, 3.8) is 0 Å². The highest BCUT2D eigenvalue weighted by Crippen LogP contribution is 2.46. The normalized spacial score (nSPS) is 34.4. The zero-order valence-electron chi connectivity index (χ0n) is 46.0. The van der Waals surface area contributed by atoms with Crippen LogP contribution in [0, 0.1) is 17.3 Å². The van der Waals surface area contributed by atoms with Gasteiger partial charge in [0.05, 0.1) is 61.9 Å². The summed E-state index contributed by atoms with van der Waals surface area (Å²) in [6.07, 6.45) is 9.87. The summed E-state index contributed by atoms with van der Waals surface area (Å²) in [5.41, 5.74) is 0.369. The van der Waals surface area contributed by atoms with Crippen LogP contribution in [0.1, 0.15) is 73.3 Å². The van der Waals surface area contributed by atoms with Crippen molar-refractivity contribution in [3.8, 4) is 0 Å². The molecular weight excluding hydrogens is 999 g/mol. The first-order chi connectivity index (χ1) is 36.7. The van der Waals surface area contributed by atoms with Gasteiger partial charge < -0.3 is 78.2 Å². The predicted octanol–water partition coefficient (Wildman–Crippen LogP) is 4.97. The Kier molecular flexibility index (Phi) is 24.6. The molecule has 0 bridgehead atoms. The van der Waals surface area contributed by atoms with E-state index in [0.717, 1.165) is 11.6 Å². The van der Waals surface area contributed by atoms with Gasteiger partial charge in [-0.1, -0.05) is 124 Å². The summed E-state index contributed by atoms with van der Waals surface area (Å²) in [7, 11) is 4.62. The SMILES string of the molecule is C/C=C\C=C\[C@@H]1O[C@](O)(C(CO[C@@H]2C[C@@H](OC)[C@@H](O[C@@H]3C[C@@H](OC)[C@@H](O)[C@@H](C)O3)[C@@H](C)O2)C(=O)NC/C=C/C=C(\C)C(OC)C(C)C2CC(O)C(/C=C/C=C/C=C/C(=O)O)O2)[C@H](O)[C@H](OC(=O)Cc2ccccc2)C1(C)C. The highest BCUT2D eigenvalue weighted by Gasteiger charge is 2.63. The van der Waals surface area contributed by atoms with Crippen molar-refractivity contribution in [1.29, 1.82) is 0 Å². The first kappa shape index (κ1) is 63.1. The molecule has 1 aromatic rings. The van der Waals surface area contributed by atoms with Gasteiger partial charge in [-0.25, -0.2) is 4.79 Å². The van der Waals surface area contributed by atoms with Gasteiger partial charge in [0.1, 0.15) is 36.4 Å². The number of aliphatic hydroxyl groups is 4. The van der Waals surface area contributed by atoms with Crippen LogP contribution >= 0.6 is 0 Å². The molecule has 4 fully saturated rings. The average Bonchev–Trinajstić information content (AvgIpc) is 3.83. The standard InChI is InChI=1S/C58H83NO18/c1-11-12-16-27-46-57(6,7)55(75-48(63)30-39-24-17-15-18-25-39)54(65)58(67,77-46)40(34-71-49-33-45(69-9)53(38(5)73-49)76-50-32-44(68-8)51(64)37(4)72-50)56(66)59-29-22-21-23-35(2)52(70-10)36(3)43-31-41(60)42(74-43)26-19-13-14-20-28-47(61)62/h11-28,36-38,40-46,49-55,60,64-65,67H,29-34H2,1-10H3,(H,59,66)(H,61,62)/b12-11-,14-13+,22-21+,26-19+,27-16+,28-20+,35-23+/t36?,37-,38-,40?,41?,42?,43?,44-,45-,46+,49+,50-,51+,52?,53+,54-,55+,58-/m1/s1. The minimum atomic E-state index is -2.71. The number of ether oxygens (including phenoxy) is 10. The van der Waals surface area contributed by atoms with Gasteiger partial charge in [0.2, 0.25) is 11.7 Å². The van der Waals surface area contributed by atoms with E-state index >= 15 is 0 Å². The van der Waals surface area contributed by atoms with E-state index in [1.165, 1.54) is 20.3 Å². The van der Waals surface area contributed by atoms with Crippen LogP contribution in [0.15, 0.2) is 115 Å². The topological polar surface area (TPSA) is 257 Å². The van der Waals surface area contributed by atoms with Gasteiger partial charge in [-0.3, -0.25) is 9.59 Å². The molecule has 6 unspecified atom stereocenters. The number of amides is 1. The number of hydrogen-bond acceptors (Lipinski definition) is 17. The second-order valence-electron chi connectivity index (χ2n) is 20.6. The van der Waals surface area contributed by atoms with E-state index in [1.807, 2.05) is 32.9 Å². The summed E-state index contributed by atoms with van der Waals surface area (Å²) in [5, 5.41) is 58.1. The van der Waals surface area contributed by atoms with E-state index in [0.29, 0.717) is 12.0 Å². The van der Waals surface area contributed by atoms with E-state index < -0.39 is 127 Å². The van der Waals surface area contributed by atoms with Gasteiger partial charge in [0, 0.05) is 64.5 Å². The fraction of sp³-hybridized carbons (Fsp3) is 0.603. The number of carboxylic acid groups (broad SMARTS) is 1. The molecule has 4 aliphatic heterocycles. The number of carbonyl (C=O) groups excluding carboxylic acids is 2. The minimum absolute atomic E-state index is 0.0405. The van der Waals surface area contributed by atoms with Crippen LogP contribution < -0.4 is 5.32 Å². The summed E-state index contributed by atoms with van der Waals surface area (Å²) >= 11 is 0. The Morgan fingerprint density at radius 3 is 2.21 bits per heavy atom. The average molecular weight is 1080 g/mol. The van der Waals surface area contributed by atoms with Crippen molar-refractivity contribution >= 4 is 17.8 Å². The molecule has 77 heavy (non-hydrogen) atoms. The van der Waals surface area contributed by atoms with Crippen LogP contribution in [0.25, 0.3) is 0 Å². The zero-order valence-corrected chi connectivity index (χ0v) is 46.0. The number of carbonyl (C=O) groups is 3. The Morgan fingerprint density at radius 2 is 1.53 bits per heavy atom. The Balaban J connectivity index is 1.35. The zero-order chi connectivity index (χ0) is 56.5. The highest BCUT2D eigenvalue weighted by atomic mass is 16.7. The lowest BCUT2D eigenvalue weighted by Gasteiger charge is -2.54. The van der Waals surface area contributed by atoms with Crippen molar-refractivity contribution in [2.45, 2.75) is 172 Å². The molecule has 18 atom stereocenters. The maximum Gasteiger partial charge on any atom is 0.328 e. The van der Waals surface area contributed by atoms with Crippen LogP contribution in [0.3, 0.4) is 0 Å². The quantitative estimate of drug-likeness (QED) is 0.0429. The summed E-state index contributed by atoms with van der Waals surface area (Å²) in [5.74, 6) is -7.02. The van der Waals surface area contributed by atoms with Crippen LogP contribution in [0.5, 0.6) is 0 Å². The summed E-state index contributed by atoms with van der Waals surface area (Å²) in [6.45, 7) is 12.1. The first-order valence-corrected chi connectivity index (χ1v) is 26.3. The molecule has 0 aliphatic carbocycles. The lowest BCUT2D eigenvalue weighted by atomic mass is 9.71. The number of esters is 1. The number of allylic oxidation sites excluding steroid dienone is 9. The highest BCUT2D eigenvalue weighted by molar-refractivity contribution is 5.80. The Morgan fingerprint density at radius 1 is 0.857 bits per heavy atom. The Hall–Kier alpha value is -4.71.